The highest BCUT2D eigenvalue weighted by atomic mass is 32.2. The predicted molar refractivity (Wildman–Crippen MR) is 112 cm³/mol. The third-order valence-corrected chi connectivity index (χ3v) is 4.76. The highest BCUT2D eigenvalue weighted by molar-refractivity contribution is 7.84. The zero-order valence-corrected chi connectivity index (χ0v) is 18.0. The van der Waals surface area contributed by atoms with Gasteiger partial charge in [0.2, 0.25) is 11.8 Å². The second-order valence-electron chi connectivity index (χ2n) is 7.21. The summed E-state index contributed by atoms with van der Waals surface area (Å²) in [4.78, 5) is 40.1. The first kappa shape index (κ1) is 26.8. The van der Waals surface area contributed by atoms with Gasteiger partial charge in [0.25, 0.3) is 0 Å². The fourth-order valence-corrected chi connectivity index (χ4v) is 3.02. The number of aliphatic carboxylic acids is 1. The normalized spacial score (nSPS) is 15.1. The Labute approximate surface area is 173 Å². The van der Waals surface area contributed by atoms with Crippen LogP contribution in [0.5, 0.6) is 0 Å². The van der Waals surface area contributed by atoms with E-state index in [-0.39, 0.29) is 37.0 Å². The summed E-state index contributed by atoms with van der Waals surface area (Å²) in [6.07, 6.45) is 2.52. The molecule has 0 heterocycles. The molecular formula is C17H34N6O5S. The van der Waals surface area contributed by atoms with Gasteiger partial charge in [-0.2, -0.15) is 0 Å². The maximum atomic E-state index is 12.6. The van der Waals surface area contributed by atoms with Crippen LogP contribution in [-0.4, -0.2) is 69.7 Å². The number of carboxylic acid groups (broad SMARTS) is 1. The van der Waals surface area contributed by atoms with E-state index in [1.165, 1.54) is 6.26 Å². The molecule has 9 N–H and O–H groups in total. The van der Waals surface area contributed by atoms with Crippen LogP contribution in [0.25, 0.3) is 0 Å². The van der Waals surface area contributed by atoms with Crippen LogP contribution in [0.1, 0.15) is 39.5 Å². The van der Waals surface area contributed by atoms with Crippen molar-refractivity contribution in [3.63, 3.8) is 0 Å². The minimum absolute atomic E-state index is 0.0653. The predicted octanol–water partition coefficient (Wildman–Crippen LogP) is -1.76. The summed E-state index contributed by atoms with van der Waals surface area (Å²) in [5, 5.41) is 14.4. The van der Waals surface area contributed by atoms with E-state index < -0.39 is 46.7 Å². The quantitative estimate of drug-likeness (QED) is 0.105. The van der Waals surface area contributed by atoms with Crippen molar-refractivity contribution in [2.75, 3.05) is 18.6 Å². The number of hydrogen-bond donors (Lipinski definition) is 6. The lowest BCUT2D eigenvalue weighted by Gasteiger charge is -2.24. The Kier molecular flexibility index (Phi) is 12.8. The second-order valence-corrected chi connectivity index (χ2v) is 8.77. The van der Waals surface area contributed by atoms with Gasteiger partial charge >= 0.3 is 5.97 Å². The van der Waals surface area contributed by atoms with Crippen LogP contribution in [0.15, 0.2) is 4.99 Å². The highest BCUT2D eigenvalue weighted by Crippen LogP contribution is 2.07. The summed E-state index contributed by atoms with van der Waals surface area (Å²) >= 11 is 0. The third kappa shape index (κ3) is 12.8. The van der Waals surface area contributed by atoms with Gasteiger partial charge in [-0.25, -0.2) is 4.79 Å². The molecule has 0 aliphatic carbocycles. The van der Waals surface area contributed by atoms with Crippen LogP contribution >= 0.6 is 0 Å². The first-order chi connectivity index (χ1) is 13.4. The summed E-state index contributed by atoms with van der Waals surface area (Å²) in [7, 11) is -1.08. The van der Waals surface area contributed by atoms with Gasteiger partial charge in [-0.3, -0.25) is 18.8 Å². The molecule has 12 heteroatoms. The van der Waals surface area contributed by atoms with E-state index in [0.717, 1.165) is 0 Å². The van der Waals surface area contributed by atoms with Crippen LogP contribution in [0.2, 0.25) is 0 Å². The van der Waals surface area contributed by atoms with Crippen molar-refractivity contribution in [2.45, 2.75) is 57.7 Å². The van der Waals surface area contributed by atoms with E-state index >= 15 is 0 Å². The maximum absolute atomic E-state index is 12.6. The lowest BCUT2D eigenvalue weighted by Crippen LogP contribution is -2.55. The number of carbonyl (C=O) groups excluding carboxylic acids is 2. The minimum Gasteiger partial charge on any atom is -0.480 e. The van der Waals surface area contributed by atoms with E-state index in [0.29, 0.717) is 12.8 Å². The molecule has 0 aliphatic rings. The molecule has 0 saturated carbocycles. The highest BCUT2D eigenvalue weighted by Gasteiger charge is 2.28. The largest absolute Gasteiger partial charge is 0.480 e. The second kappa shape index (κ2) is 13.9. The Morgan fingerprint density at radius 3 is 2.14 bits per heavy atom. The lowest BCUT2D eigenvalue weighted by atomic mass is 10.0. The zero-order valence-electron chi connectivity index (χ0n) is 17.2. The van der Waals surface area contributed by atoms with Crippen LogP contribution < -0.4 is 27.8 Å². The average molecular weight is 435 g/mol. The van der Waals surface area contributed by atoms with Gasteiger partial charge in [-0.15, -0.1) is 0 Å². The van der Waals surface area contributed by atoms with Crippen LogP contribution in [0.4, 0.5) is 0 Å². The Hall–Kier alpha value is -2.21. The van der Waals surface area contributed by atoms with Gasteiger partial charge in [-0.05, 0) is 31.6 Å². The van der Waals surface area contributed by atoms with E-state index in [1.54, 1.807) is 0 Å². The molecule has 4 unspecified atom stereocenters. The van der Waals surface area contributed by atoms with Crippen molar-refractivity contribution in [1.82, 2.24) is 10.6 Å². The number of aliphatic imine (C=N–C) groups is 1. The van der Waals surface area contributed by atoms with Crippen molar-refractivity contribution in [3.05, 3.63) is 0 Å². The molecule has 0 rings (SSSR count). The maximum Gasteiger partial charge on any atom is 0.326 e. The SMILES string of the molecule is CC(C)CC(NC(=O)C(N)CCS(C)=O)C(=O)NC(CCCN=C(N)N)C(=O)O. The first-order valence-electron chi connectivity index (χ1n) is 9.38. The number of amides is 2. The van der Waals surface area contributed by atoms with E-state index in [2.05, 4.69) is 15.6 Å². The molecule has 0 bridgehead atoms. The van der Waals surface area contributed by atoms with Gasteiger partial charge in [0.05, 0.1) is 6.04 Å². The number of guanidine groups is 1. The van der Waals surface area contributed by atoms with Gasteiger partial charge in [0, 0.05) is 29.4 Å². The third-order valence-electron chi connectivity index (χ3n) is 3.95. The smallest absolute Gasteiger partial charge is 0.326 e. The molecule has 0 saturated heterocycles. The molecule has 0 aliphatic heterocycles. The van der Waals surface area contributed by atoms with Gasteiger partial charge < -0.3 is 32.9 Å². The fourth-order valence-electron chi connectivity index (χ4n) is 2.44. The standard InChI is InChI=1S/C17H34N6O5S/c1-10(2)9-13(23-14(24)11(18)6-8-29(3)28)15(25)22-12(16(26)27)5-4-7-21-17(19)20/h10-13H,4-9,18H2,1-3H3,(H,22,25)(H,23,24)(H,26,27)(H4,19,20,21). The number of rotatable bonds is 14. The van der Waals surface area contributed by atoms with Gasteiger partial charge in [0.1, 0.15) is 12.1 Å². The van der Waals surface area contributed by atoms with E-state index in [9.17, 15) is 23.7 Å². The summed E-state index contributed by atoms with van der Waals surface area (Å²) < 4.78 is 11.2. The monoisotopic (exact) mass is 434 g/mol. The van der Waals surface area contributed by atoms with E-state index in [4.69, 9.17) is 17.2 Å². The van der Waals surface area contributed by atoms with Gasteiger partial charge in [-0.1, -0.05) is 13.8 Å². The number of nitrogens with two attached hydrogens (primary N) is 3. The van der Waals surface area contributed by atoms with E-state index in [1.807, 2.05) is 13.8 Å². The molecule has 11 nitrogen and oxygen atoms in total. The molecule has 0 aromatic rings. The fraction of sp³-hybridized carbons (Fsp3) is 0.765. The van der Waals surface area contributed by atoms with Crippen LogP contribution in [0.3, 0.4) is 0 Å². The zero-order chi connectivity index (χ0) is 22.6. The summed E-state index contributed by atoms with van der Waals surface area (Å²) in [6.45, 7) is 3.98. The number of carboxylic acids is 1. The van der Waals surface area contributed by atoms with Crippen molar-refractivity contribution < 1.29 is 23.7 Å². The molecular weight excluding hydrogens is 400 g/mol. The Bertz CT molecular complexity index is 609. The Morgan fingerprint density at radius 1 is 1.07 bits per heavy atom. The van der Waals surface area contributed by atoms with Crippen LogP contribution in [0, 0.1) is 5.92 Å². The molecule has 29 heavy (non-hydrogen) atoms. The topological polar surface area (TPSA) is 203 Å². The van der Waals surface area contributed by atoms with Crippen molar-refractivity contribution in [1.29, 1.82) is 0 Å². The average Bonchev–Trinajstić information content (AvgIpc) is 2.60. The molecule has 4 atom stereocenters. The number of nitrogens with one attached hydrogen (secondary N) is 2. The number of carbonyl (C=O) groups is 3. The minimum atomic E-state index is -1.19. The summed E-state index contributed by atoms with van der Waals surface area (Å²) in [5.41, 5.74) is 16.2. The molecule has 0 aromatic heterocycles. The Balaban J connectivity index is 4.97. The Morgan fingerprint density at radius 2 is 1.66 bits per heavy atom. The molecule has 168 valence electrons. The number of nitrogens with zero attached hydrogens (tertiary/aromatic N) is 1. The number of hydrogen-bond acceptors (Lipinski definition) is 6. The first-order valence-corrected chi connectivity index (χ1v) is 11.1. The lowest BCUT2D eigenvalue weighted by molar-refractivity contribution is -0.142. The molecule has 0 aromatic carbocycles. The van der Waals surface area contributed by atoms with Crippen molar-refractivity contribution in [2.24, 2.45) is 28.1 Å². The molecule has 0 spiro atoms. The van der Waals surface area contributed by atoms with Gasteiger partial charge in [0.15, 0.2) is 5.96 Å². The molecule has 0 fully saturated rings. The van der Waals surface area contributed by atoms with Crippen LogP contribution in [-0.2, 0) is 25.2 Å². The van der Waals surface area contributed by atoms with Crippen molar-refractivity contribution >= 4 is 34.5 Å². The molecule has 0 radical (unpaired) electrons. The summed E-state index contributed by atoms with van der Waals surface area (Å²) in [5.74, 6) is -2.10. The molecule has 2 amide bonds. The summed E-state index contributed by atoms with van der Waals surface area (Å²) in [6, 6.07) is -2.98. The van der Waals surface area contributed by atoms with Crippen molar-refractivity contribution in [3.8, 4) is 0 Å².